The number of hydrogen-bond acceptors (Lipinski definition) is 6. The number of nitriles is 1. The van der Waals surface area contributed by atoms with Gasteiger partial charge in [-0.05, 0) is 44.2 Å². The Kier molecular flexibility index (Phi) is 4.17. The van der Waals surface area contributed by atoms with Crippen molar-refractivity contribution >= 4 is 5.91 Å². The fourth-order valence-electron chi connectivity index (χ4n) is 2.85. The third kappa shape index (κ3) is 2.93. The maximum absolute atomic E-state index is 12.6. The molecular formula is C18H17N3O4. The number of aromatic nitrogens is 1. The Balaban J connectivity index is 2.07. The first-order valence-corrected chi connectivity index (χ1v) is 7.69. The molecule has 2 atom stereocenters. The van der Waals surface area contributed by atoms with Gasteiger partial charge in [-0.25, -0.2) is 5.06 Å². The number of carbonyl (C=O) groups excluding carboxylic acids is 1. The monoisotopic (exact) mass is 339 g/mol. The van der Waals surface area contributed by atoms with Crippen molar-refractivity contribution in [1.29, 1.82) is 5.26 Å². The summed E-state index contributed by atoms with van der Waals surface area (Å²) in [6.07, 6.45) is 1.63. The number of fused-ring (bicyclic) bond motifs is 1. The van der Waals surface area contributed by atoms with Crippen molar-refractivity contribution < 1.29 is 19.8 Å². The van der Waals surface area contributed by atoms with Crippen molar-refractivity contribution in [1.82, 2.24) is 10.0 Å². The average Bonchev–Trinajstić information content (AvgIpc) is 2.62. The van der Waals surface area contributed by atoms with E-state index in [9.17, 15) is 15.1 Å². The van der Waals surface area contributed by atoms with Gasteiger partial charge in [-0.15, -0.1) is 0 Å². The van der Waals surface area contributed by atoms with Gasteiger partial charge in [0.15, 0.2) is 0 Å². The molecule has 0 saturated heterocycles. The van der Waals surface area contributed by atoms with Gasteiger partial charge in [0.1, 0.15) is 23.5 Å². The molecule has 7 heteroatoms. The number of hydrogen-bond donors (Lipinski definition) is 2. The van der Waals surface area contributed by atoms with Crippen LogP contribution in [0.1, 0.15) is 41.4 Å². The van der Waals surface area contributed by atoms with Gasteiger partial charge in [0.2, 0.25) is 0 Å². The highest BCUT2D eigenvalue weighted by Gasteiger charge is 2.47. The van der Waals surface area contributed by atoms with Crippen molar-refractivity contribution in [2.45, 2.75) is 31.6 Å². The normalized spacial score (nSPS) is 20.8. The second-order valence-electron chi connectivity index (χ2n) is 6.35. The maximum Gasteiger partial charge on any atom is 0.279 e. The predicted molar refractivity (Wildman–Crippen MR) is 86.8 cm³/mol. The third-order valence-corrected chi connectivity index (χ3v) is 4.22. The number of amides is 1. The number of carbonyl (C=O) groups is 1. The van der Waals surface area contributed by atoms with E-state index < -0.39 is 23.7 Å². The number of ether oxygens (including phenoxy) is 1. The van der Waals surface area contributed by atoms with Crippen LogP contribution in [0.3, 0.4) is 0 Å². The summed E-state index contributed by atoms with van der Waals surface area (Å²) in [6.45, 7) is 3.32. The minimum Gasteiger partial charge on any atom is -0.485 e. The first kappa shape index (κ1) is 16.9. The Morgan fingerprint density at radius 3 is 2.80 bits per heavy atom. The average molecular weight is 339 g/mol. The number of hydroxylamine groups is 2. The van der Waals surface area contributed by atoms with Crippen molar-refractivity contribution in [3.05, 3.63) is 59.4 Å². The SMILES string of the molecule is CC1(C)Oc2ccc(C#N)cc2[C@H](N(O)C(=O)c2cccnc2)[C@H]1O. The molecule has 1 aromatic heterocycles. The molecule has 0 spiro atoms. The highest BCUT2D eigenvalue weighted by Crippen LogP contribution is 2.43. The van der Waals surface area contributed by atoms with Crippen LogP contribution < -0.4 is 4.74 Å². The van der Waals surface area contributed by atoms with Crippen LogP contribution >= 0.6 is 0 Å². The lowest BCUT2D eigenvalue weighted by Crippen LogP contribution is -2.54. The molecule has 0 radical (unpaired) electrons. The molecular weight excluding hydrogens is 322 g/mol. The molecule has 1 aromatic carbocycles. The first-order chi connectivity index (χ1) is 11.8. The van der Waals surface area contributed by atoms with E-state index in [0.29, 0.717) is 21.9 Å². The van der Waals surface area contributed by atoms with Gasteiger partial charge in [0, 0.05) is 18.0 Å². The first-order valence-electron chi connectivity index (χ1n) is 7.69. The minimum absolute atomic E-state index is 0.180. The Bertz CT molecular complexity index is 845. The molecule has 7 nitrogen and oxygen atoms in total. The van der Waals surface area contributed by atoms with Crippen LogP contribution in [-0.4, -0.2) is 38.0 Å². The minimum atomic E-state index is -1.21. The molecule has 25 heavy (non-hydrogen) atoms. The van der Waals surface area contributed by atoms with Crippen molar-refractivity contribution in [3.63, 3.8) is 0 Å². The van der Waals surface area contributed by atoms with Gasteiger partial charge in [0.05, 0.1) is 17.2 Å². The van der Waals surface area contributed by atoms with E-state index in [2.05, 4.69) is 4.98 Å². The van der Waals surface area contributed by atoms with E-state index in [4.69, 9.17) is 10.00 Å². The number of pyridine rings is 1. The molecule has 1 aliphatic rings. The highest BCUT2D eigenvalue weighted by atomic mass is 16.5. The summed E-state index contributed by atoms with van der Waals surface area (Å²) in [5, 5.41) is 30.9. The largest absolute Gasteiger partial charge is 0.485 e. The Hall–Kier alpha value is -2.95. The van der Waals surface area contributed by atoms with E-state index in [1.54, 1.807) is 32.0 Å². The fraction of sp³-hybridized carbons (Fsp3) is 0.278. The molecule has 2 N–H and O–H groups in total. The van der Waals surface area contributed by atoms with Crippen LogP contribution in [0.15, 0.2) is 42.7 Å². The van der Waals surface area contributed by atoms with Crippen LogP contribution in [0.4, 0.5) is 0 Å². The van der Waals surface area contributed by atoms with Crippen LogP contribution in [0.2, 0.25) is 0 Å². The molecule has 0 fully saturated rings. The molecule has 0 bridgehead atoms. The number of nitrogens with zero attached hydrogens (tertiary/aromatic N) is 3. The summed E-state index contributed by atoms with van der Waals surface area (Å²) in [7, 11) is 0. The zero-order chi connectivity index (χ0) is 18.2. The molecule has 3 rings (SSSR count). The Morgan fingerprint density at radius 1 is 1.40 bits per heavy atom. The summed E-state index contributed by atoms with van der Waals surface area (Å²) < 4.78 is 5.78. The van der Waals surface area contributed by atoms with Gasteiger partial charge < -0.3 is 9.84 Å². The summed E-state index contributed by atoms with van der Waals surface area (Å²) in [5.74, 6) is -0.305. The summed E-state index contributed by atoms with van der Waals surface area (Å²) in [5.41, 5.74) is -0.159. The Morgan fingerprint density at radius 2 is 2.16 bits per heavy atom. The van der Waals surface area contributed by atoms with Gasteiger partial charge in [0.25, 0.3) is 5.91 Å². The topological polar surface area (TPSA) is 107 Å². The van der Waals surface area contributed by atoms with E-state index in [-0.39, 0.29) is 5.56 Å². The van der Waals surface area contributed by atoms with E-state index in [1.165, 1.54) is 24.5 Å². The fourth-order valence-corrected chi connectivity index (χ4v) is 2.85. The number of aliphatic hydroxyl groups is 1. The quantitative estimate of drug-likeness (QED) is 0.641. The lowest BCUT2D eigenvalue weighted by Gasteiger charge is -2.44. The molecule has 2 aromatic rings. The van der Waals surface area contributed by atoms with Crippen LogP contribution in [0, 0.1) is 11.3 Å². The van der Waals surface area contributed by atoms with E-state index >= 15 is 0 Å². The smallest absolute Gasteiger partial charge is 0.279 e. The summed E-state index contributed by atoms with van der Waals surface area (Å²) in [6, 6.07) is 8.68. The lowest BCUT2D eigenvalue weighted by molar-refractivity contribution is -0.165. The third-order valence-electron chi connectivity index (χ3n) is 4.22. The van der Waals surface area contributed by atoms with Crippen molar-refractivity contribution in [2.24, 2.45) is 0 Å². The van der Waals surface area contributed by atoms with Crippen LogP contribution in [0.5, 0.6) is 5.75 Å². The number of benzene rings is 1. The van der Waals surface area contributed by atoms with Gasteiger partial charge in [-0.2, -0.15) is 5.26 Å². The lowest BCUT2D eigenvalue weighted by atomic mass is 9.85. The molecule has 128 valence electrons. The van der Waals surface area contributed by atoms with Gasteiger partial charge in [-0.1, -0.05) is 0 Å². The summed E-state index contributed by atoms with van der Waals surface area (Å²) >= 11 is 0. The zero-order valence-corrected chi connectivity index (χ0v) is 13.7. The molecule has 2 heterocycles. The second kappa shape index (κ2) is 6.16. The molecule has 1 amide bonds. The van der Waals surface area contributed by atoms with Crippen molar-refractivity contribution in [2.75, 3.05) is 0 Å². The number of aliphatic hydroxyl groups excluding tert-OH is 1. The molecule has 0 saturated carbocycles. The zero-order valence-electron chi connectivity index (χ0n) is 13.7. The number of rotatable bonds is 2. The van der Waals surface area contributed by atoms with Crippen molar-refractivity contribution in [3.8, 4) is 11.8 Å². The molecule has 0 aliphatic carbocycles. The Labute approximate surface area is 144 Å². The second-order valence-corrected chi connectivity index (χ2v) is 6.35. The predicted octanol–water partition coefficient (Wildman–Crippen LogP) is 2.06. The van der Waals surface area contributed by atoms with Crippen LogP contribution in [0.25, 0.3) is 0 Å². The van der Waals surface area contributed by atoms with Gasteiger partial charge in [-0.3, -0.25) is 15.0 Å². The van der Waals surface area contributed by atoms with E-state index in [1.807, 2.05) is 6.07 Å². The summed E-state index contributed by atoms with van der Waals surface area (Å²) in [4.78, 5) is 16.4. The maximum atomic E-state index is 12.6. The molecule has 1 aliphatic heterocycles. The highest BCUT2D eigenvalue weighted by molar-refractivity contribution is 5.93. The standard InChI is InChI=1S/C18H17N3O4/c1-18(2)16(22)15(13-8-11(9-19)5-6-14(13)25-18)21(24)17(23)12-4-3-7-20-10-12/h3-8,10,15-16,22,24H,1-2H3/t15-,16+/m0/s1. The van der Waals surface area contributed by atoms with Crippen LogP contribution in [-0.2, 0) is 0 Å². The molecule has 0 unspecified atom stereocenters. The van der Waals surface area contributed by atoms with E-state index in [0.717, 1.165) is 0 Å². The van der Waals surface area contributed by atoms with Gasteiger partial charge >= 0.3 is 0 Å².